The topological polar surface area (TPSA) is 79.2 Å². The van der Waals surface area contributed by atoms with Crippen molar-refractivity contribution in [2.24, 2.45) is 11.8 Å². The summed E-state index contributed by atoms with van der Waals surface area (Å²) in [5, 5.41) is 11.6. The molecule has 1 fully saturated rings. The van der Waals surface area contributed by atoms with Gasteiger partial charge in [0.25, 0.3) is 0 Å². The van der Waals surface area contributed by atoms with E-state index in [0.29, 0.717) is 11.4 Å². The van der Waals surface area contributed by atoms with Crippen LogP contribution in [0.5, 0.6) is 5.75 Å². The number of anilines is 1. The maximum Gasteiger partial charge on any atom is 0.249 e. The number of ether oxygens (including phenoxy) is 1. The van der Waals surface area contributed by atoms with Crippen LogP contribution in [0.15, 0.2) is 24.3 Å². The first kappa shape index (κ1) is 15.6. The van der Waals surface area contributed by atoms with Crippen molar-refractivity contribution < 1.29 is 14.3 Å². The van der Waals surface area contributed by atoms with E-state index in [0.717, 1.165) is 0 Å². The van der Waals surface area contributed by atoms with Crippen molar-refractivity contribution in [2.45, 2.75) is 10.8 Å². The Labute approximate surface area is 131 Å². The molecule has 2 unspecified atom stereocenters. The van der Waals surface area contributed by atoms with Crippen LogP contribution in [-0.4, -0.2) is 23.1 Å². The molecule has 0 bridgehead atoms. The summed E-state index contributed by atoms with van der Waals surface area (Å²) in [4.78, 5) is 24.1. The highest BCUT2D eigenvalue weighted by molar-refractivity contribution is 6.52. The van der Waals surface area contributed by atoms with Crippen LogP contribution in [0.3, 0.4) is 0 Å². The van der Waals surface area contributed by atoms with Crippen molar-refractivity contribution in [3.05, 3.63) is 24.3 Å². The third kappa shape index (κ3) is 3.46. The van der Waals surface area contributed by atoms with Crippen molar-refractivity contribution in [1.82, 2.24) is 0 Å². The Morgan fingerprint density at radius 2 is 2.19 bits per heavy atom. The molecular weight excluding hydrogens is 315 g/mol. The molecule has 0 aromatic heterocycles. The number of benzene rings is 1. The van der Waals surface area contributed by atoms with Crippen LogP contribution in [-0.2, 0) is 9.59 Å². The number of nitriles is 1. The minimum atomic E-state index is -1.43. The Hall–Kier alpha value is -1.77. The number of carbonyl (C=O) groups excluding carboxylic acids is 2. The first-order valence-corrected chi connectivity index (χ1v) is 6.90. The number of nitrogens with zero attached hydrogens (tertiary/aromatic N) is 1. The molecule has 2 rings (SSSR count). The van der Waals surface area contributed by atoms with Gasteiger partial charge in [0.15, 0.2) is 11.7 Å². The number of ketones is 1. The molecule has 1 aliphatic carbocycles. The molecule has 0 saturated heterocycles. The highest BCUT2D eigenvalue weighted by atomic mass is 35.5. The molecule has 1 saturated carbocycles. The zero-order valence-corrected chi connectivity index (χ0v) is 12.6. The van der Waals surface area contributed by atoms with Crippen molar-refractivity contribution >= 4 is 40.6 Å². The Morgan fingerprint density at radius 1 is 1.52 bits per heavy atom. The minimum absolute atomic E-state index is 0.263. The van der Waals surface area contributed by atoms with Gasteiger partial charge in [-0.3, -0.25) is 9.59 Å². The molecule has 0 radical (unpaired) electrons. The summed E-state index contributed by atoms with van der Waals surface area (Å²) in [5.74, 6) is -2.80. The normalized spacial score (nSPS) is 20.0. The van der Waals surface area contributed by atoms with Crippen molar-refractivity contribution in [1.29, 1.82) is 5.26 Å². The van der Waals surface area contributed by atoms with Gasteiger partial charge >= 0.3 is 0 Å². The zero-order valence-electron chi connectivity index (χ0n) is 11.1. The van der Waals surface area contributed by atoms with E-state index in [1.165, 1.54) is 7.11 Å². The van der Waals surface area contributed by atoms with E-state index in [1.54, 1.807) is 30.3 Å². The number of nitrogens with one attached hydrogen (secondary N) is 1. The van der Waals surface area contributed by atoms with Crippen molar-refractivity contribution in [3.63, 3.8) is 0 Å². The monoisotopic (exact) mass is 326 g/mol. The minimum Gasteiger partial charge on any atom is -0.497 e. The van der Waals surface area contributed by atoms with Gasteiger partial charge in [-0.15, -0.1) is 23.2 Å². The maximum absolute atomic E-state index is 12.0. The summed E-state index contributed by atoms with van der Waals surface area (Å²) in [6, 6.07) is 8.30. The number of amides is 1. The van der Waals surface area contributed by atoms with E-state index in [9.17, 15) is 9.59 Å². The van der Waals surface area contributed by atoms with Gasteiger partial charge in [-0.2, -0.15) is 5.26 Å². The average molecular weight is 327 g/mol. The molecule has 7 heteroatoms. The first-order chi connectivity index (χ1) is 9.89. The molecule has 110 valence electrons. The molecule has 1 aromatic rings. The molecular formula is C14H12Cl2N2O3. The van der Waals surface area contributed by atoms with Crippen molar-refractivity contribution in [2.75, 3.05) is 12.4 Å². The average Bonchev–Trinajstić information content (AvgIpc) is 3.08. The quantitative estimate of drug-likeness (QED) is 0.666. The third-order valence-electron chi connectivity index (χ3n) is 3.18. The fourth-order valence-electron chi connectivity index (χ4n) is 1.89. The fourth-order valence-corrected chi connectivity index (χ4v) is 2.41. The van der Waals surface area contributed by atoms with Crippen LogP contribution < -0.4 is 10.1 Å². The maximum atomic E-state index is 12.0. The lowest BCUT2D eigenvalue weighted by atomic mass is 10.0. The number of alkyl halides is 2. The van der Waals surface area contributed by atoms with Crippen LogP contribution in [0.4, 0.5) is 5.69 Å². The number of methoxy groups -OCH3 is 1. The Morgan fingerprint density at radius 3 is 2.71 bits per heavy atom. The summed E-state index contributed by atoms with van der Waals surface area (Å²) in [5.41, 5.74) is 0.436. The summed E-state index contributed by atoms with van der Waals surface area (Å²) in [7, 11) is 1.50. The lowest BCUT2D eigenvalue weighted by Gasteiger charge is -2.10. The molecule has 0 spiro atoms. The number of rotatable bonds is 5. The van der Waals surface area contributed by atoms with Crippen LogP contribution >= 0.6 is 23.2 Å². The molecule has 1 N–H and O–H groups in total. The summed E-state index contributed by atoms with van der Waals surface area (Å²) in [6.07, 6.45) is 0.263. The Bertz CT molecular complexity index is 625. The number of Topliss-reactive ketones (excluding diaryl/α,β-unsaturated/α-hetero) is 1. The van der Waals surface area contributed by atoms with Gasteiger partial charge in [-0.25, -0.2) is 0 Å². The molecule has 1 aromatic carbocycles. The van der Waals surface area contributed by atoms with Gasteiger partial charge in [0.2, 0.25) is 5.91 Å². The Kier molecular flexibility index (Phi) is 4.40. The van der Waals surface area contributed by atoms with Crippen LogP contribution in [0, 0.1) is 23.2 Å². The molecule has 5 nitrogen and oxygen atoms in total. The van der Waals surface area contributed by atoms with E-state index in [-0.39, 0.29) is 6.42 Å². The molecule has 2 atom stereocenters. The van der Waals surface area contributed by atoms with Gasteiger partial charge in [0.1, 0.15) is 10.1 Å². The second kappa shape index (κ2) is 5.92. The number of halogens is 2. The molecule has 0 aliphatic heterocycles. The van der Waals surface area contributed by atoms with Crippen LogP contribution in [0.2, 0.25) is 0 Å². The fraction of sp³-hybridized carbons (Fsp3) is 0.357. The largest absolute Gasteiger partial charge is 0.497 e. The van der Waals surface area contributed by atoms with E-state index in [2.05, 4.69) is 5.32 Å². The predicted octanol–water partition coefficient (Wildman–Crippen LogP) is 2.54. The van der Waals surface area contributed by atoms with Crippen LogP contribution in [0.25, 0.3) is 0 Å². The first-order valence-electron chi connectivity index (χ1n) is 6.15. The lowest BCUT2D eigenvalue weighted by Crippen LogP contribution is -2.30. The van der Waals surface area contributed by atoms with Gasteiger partial charge in [0.05, 0.1) is 19.1 Å². The third-order valence-corrected chi connectivity index (χ3v) is 4.02. The number of hydrogen-bond acceptors (Lipinski definition) is 4. The molecule has 0 heterocycles. The second-order valence-corrected chi connectivity index (χ2v) is 6.25. The van der Waals surface area contributed by atoms with Gasteiger partial charge in [-0.05, 0) is 18.6 Å². The highest BCUT2D eigenvalue weighted by Gasteiger charge is 2.58. The van der Waals surface area contributed by atoms with E-state index >= 15 is 0 Å². The SMILES string of the molecule is COc1cccc(NC(=O)C(C#N)C(=O)C2CC2(Cl)Cl)c1. The highest BCUT2D eigenvalue weighted by Crippen LogP contribution is 2.54. The lowest BCUT2D eigenvalue weighted by molar-refractivity contribution is -0.129. The summed E-state index contributed by atoms with van der Waals surface area (Å²) < 4.78 is 3.88. The van der Waals surface area contributed by atoms with Crippen LogP contribution in [0.1, 0.15) is 6.42 Å². The number of carbonyl (C=O) groups is 2. The number of hydrogen-bond donors (Lipinski definition) is 1. The van der Waals surface area contributed by atoms with E-state index in [4.69, 9.17) is 33.2 Å². The predicted molar refractivity (Wildman–Crippen MR) is 78.3 cm³/mol. The second-order valence-electron chi connectivity index (χ2n) is 4.70. The smallest absolute Gasteiger partial charge is 0.249 e. The van der Waals surface area contributed by atoms with Gasteiger partial charge in [-0.1, -0.05) is 6.07 Å². The van der Waals surface area contributed by atoms with Crippen molar-refractivity contribution in [3.8, 4) is 11.8 Å². The van der Waals surface area contributed by atoms with E-state index in [1.807, 2.05) is 0 Å². The van der Waals surface area contributed by atoms with Gasteiger partial charge in [0, 0.05) is 11.8 Å². The Balaban J connectivity index is 2.07. The molecule has 1 aliphatic rings. The zero-order chi connectivity index (χ0) is 15.6. The molecule has 21 heavy (non-hydrogen) atoms. The molecule has 1 amide bonds. The summed E-state index contributed by atoms with van der Waals surface area (Å²) in [6.45, 7) is 0. The van der Waals surface area contributed by atoms with E-state index < -0.39 is 27.9 Å². The van der Waals surface area contributed by atoms with Gasteiger partial charge < -0.3 is 10.1 Å². The summed E-state index contributed by atoms with van der Waals surface area (Å²) >= 11 is 11.6. The standard InChI is InChI=1S/C14H12Cl2N2O3/c1-21-9-4-2-3-8(5-9)18-13(20)10(7-17)12(19)11-6-14(11,15)16/h2-5,10-11H,6H2,1H3,(H,18,20).